The first kappa shape index (κ1) is 53.2. The fraction of sp³-hybridized carbons (Fsp3) is 0.822. The zero-order chi connectivity index (χ0) is 40.5. The van der Waals surface area contributed by atoms with Gasteiger partial charge in [-0.2, -0.15) is 0 Å². The maximum atomic E-state index is 12.4. The molecule has 0 radical (unpaired) electrons. The summed E-state index contributed by atoms with van der Waals surface area (Å²) in [7, 11) is -4.80. The molecular weight excluding hydrogens is 715 g/mol. The van der Waals surface area contributed by atoms with Crippen molar-refractivity contribution in [3.05, 3.63) is 36.5 Å². The van der Waals surface area contributed by atoms with Crippen molar-refractivity contribution in [3.63, 3.8) is 0 Å². The van der Waals surface area contributed by atoms with Crippen molar-refractivity contribution < 1.29 is 43.0 Å². The lowest BCUT2D eigenvalue weighted by Crippen LogP contribution is -2.29. The van der Waals surface area contributed by atoms with Gasteiger partial charge in [-0.15, -0.1) is 0 Å². The molecule has 0 rings (SSSR count). The van der Waals surface area contributed by atoms with Gasteiger partial charge in [-0.3, -0.25) is 14.1 Å². The van der Waals surface area contributed by atoms with Crippen molar-refractivity contribution in [2.24, 2.45) is 0 Å². The van der Waals surface area contributed by atoms with Crippen LogP contribution in [0.5, 0.6) is 0 Å². The predicted molar refractivity (Wildman–Crippen MR) is 227 cm³/mol. The fourth-order valence-corrected chi connectivity index (χ4v) is 6.74. The molecule has 0 heterocycles. The Labute approximate surface area is 336 Å². The van der Waals surface area contributed by atoms with E-state index >= 15 is 0 Å². The number of phosphoric ester groups is 1. The van der Waals surface area contributed by atoms with Crippen LogP contribution in [0.1, 0.15) is 213 Å². The van der Waals surface area contributed by atoms with Crippen LogP contribution in [0.15, 0.2) is 36.5 Å². The van der Waals surface area contributed by atoms with E-state index in [1.807, 2.05) is 12.2 Å². The third kappa shape index (κ3) is 43.2. The third-order valence-electron chi connectivity index (χ3n) is 9.77. The van der Waals surface area contributed by atoms with Gasteiger partial charge < -0.3 is 24.4 Å². The molecule has 0 spiro atoms. The highest BCUT2D eigenvalue weighted by Gasteiger charge is 2.23. The molecule has 2 atom stereocenters. The third-order valence-corrected chi connectivity index (χ3v) is 10.3. The summed E-state index contributed by atoms with van der Waals surface area (Å²) in [5.74, 6) is -1.07. The van der Waals surface area contributed by atoms with Crippen molar-refractivity contribution in [3.8, 4) is 0 Å². The first-order valence-corrected chi connectivity index (χ1v) is 23.9. The molecular formula is C45H83O9P. The number of carbonyl (C=O) groups is 2. The molecule has 1 unspecified atom stereocenters. The smallest absolute Gasteiger partial charge is 0.462 e. The number of hydrogen-bond donors (Lipinski definition) is 3. The highest BCUT2D eigenvalue weighted by atomic mass is 31.2. The normalized spacial score (nSPS) is 13.3. The van der Waals surface area contributed by atoms with Gasteiger partial charge in [-0.05, 0) is 38.5 Å². The number of aliphatic hydroxyl groups is 1. The minimum atomic E-state index is -4.80. The van der Waals surface area contributed by atoms with Crippen LogP contribution in [0.2, 0.25) is 0 Å². The Balaban J connectivity index is 4.03. The first-order chi connectivity index (χ1) is 26.7. The van der Waals surface area contributed by atoms with E-state index in [4.69, 9.17) is 19.3 Å². The van der Waals surface area contributed by atoms with Gasteiger partial charge in [0.1, 0.15) is 6.61 Å². The zero-order valence-electron chi connectivity index (χ0n) is 35.2. The summed E-state index contributed by atoms with van der Waals surface area (Å²) in [6, 6.07) is 0. The summed E-state index contributed by atoms with van der Waals surface area (Å²) >= 11 is 0. The van der Waals surface area contributed by atoms with E-state index < -0.39 is 38.6 Å². The van der Waals surface area contributed by atoms with Crippen LogP contribution in [-0.2, 0) is 28.2 Å². The fourth-order valence-electron chi connectivity index (χ4n) is 6.38. The number of unbranched alkanes of at least 4 members (excludes halogenated alkanes) is 24. The van der Waals surface area contributed by atoms with Crippen LogP contribution in [0.3, 0.4) is 0 Å². The number of hydrogen-bond acceptors (Lipinski definition) is 7. The van der Waals surface area contributed by atoms with Crippen molar-refractivity contribution in [2.75, 3.05) is 13.2 Å². The molecule has 0 saturated heterocycles. The van der Waals surface area contributed by atoms with Crippen LogP contribution in [0, 0.1) is 0 Å². The highest BCUT2D eigenvalue weighted by Crippen LogP contribution is 2.36. The molecule has 0 aliphatic carbocycles. The second-order valence-corrected chi connectivity index (χ2v) is 16.5. The Morgan fingerprint density at radius 1 is 0.564 bits per heavy atom. The second-order valence-electron chi connectivity index (χ2n) is 15.2. The van der Waals surface area contributed by atoms with Crippen molar-refractivity contribution in [1.29, 1.82) is 0 Å². The molecule has 0 amide bonds. The van der Waals surface area contributed by atoms with E-state index in [2.05, 4.69) is 30.5 Å². The predicted octanol–water partition coefficient (Wildman–Crippen LogP) is 12.7. The van der Waals surface area contributed by atoms with Gasteiger partial charge in [0.15, 0.2) is 6.10 Å². The summed E-state index contributed by atoms with van der Waals surface area (Å²) in [5, 5.41) is 10.2. The number of carbonyl (C=O) groups excluding carboxylic acids is 2. The van der Waals surface area contributed by atoms with E-state index in [0.717, 1.165) is 32.1 Å². The average molecular weight is 799 g/mol. The molecule has 9 nitrogen and oxygen atoms in total. The van der Waals surface area contributed by atoms with Crippen molar-refractivity contribution >= 4 is 19.8 Å². The molecule has 322 valence electrons. The minimum absolute atomic E-state index is 0.0452. The summed E-state index contributed by atoms with van der Waals surface area (Å²) in [4.78, 5) is 42.9. The number of phosphoric acid groups is 1. The van der Waals surface area contributed by atoms with E-state index in [9.17, 15) is 19.3 Å². The molecule has 0 bridgehead atoms. The lowest BCUT2D eigenvalue weighted by Gasteiger charge is -2.18. The Hall–Kier alpha value is -1.77. The summed E-state index contributed by atoms with van der Waals surface area (Å²) in [6.45, 7) is 3.54. The van der Waals surface area contributed by atoms with Gasteiger partial charge in [0.05, 0.1) is 12.7 Å². The molecule has 55 heavy (non-hydrogen) atoms. The van der Waals surface area contributed by atoms with Gasteiger partial charge in [0, 0.05) is 12.8 Å². The minimum Gasteiger partial charge on any atom is -0.462 e. The topological polar surface area (TPSA) is 140 Å². The Morgan fingerprint density at radius 3 is 1.55 bits per heavy atom. The molecule has 3 N–H and O–H groups in total. The van der Waals surface area contributed by atoms with Crippen LogP contribution < -0.4 is 0 Å². The Bertz CT molecular complexity index is 1010. The molecule has 0 aromatic heterocycles. The van der Waals surface area contributed by atoms with Gasteiger partial charge in [-0.25, -0.2) is 4.57 Å². The van der Waals surface area contributed by atoms with Crippen LogP contribution >= 0.6 is 7.82 Å². The largest absolute Gasteiger partial charge is 0.469 e. The second kappa shape index (κ2) is 40.4. The molecule has 0 aromatic carbocycles. The van der Waals surface area contributed by atoms with E-state index in [0.29, 0.717) is 19.3 Å². The van der Waals surface area contributed by atoms with Crippen LogP contribution in [0.4, 0.5) is 0 Å². The quantitative estimate of drug-likeness (QED) is 0.0181. The van der Waals surface area contributed by atoms with Crippen LogP contribution in [-0.4, -0.2) is 52.3 Å². The van der Waals surface area contributed by atoms with E-state index in [-0.39, 0.29) is 19.4 Å². The van der Waals surface area contributed by atoms with E-state index in [1.54, 1.807) is 12.2 Å². The highest BCUT2D eigenvalue weighted by molar-refractivity contribution is 7.46. The maximum absolute atomic E-state index is 12.4. The monoisotopic (exact) mass is 799 g/mol. The van der Waals surface area contributed by atoms with Gasteiger partial charge in [0.2, 0.25) is 0 Å². The standard InChI is InChI=1S/C45H83O9P/c1-3-5-7-9-11-13-15-17-18-19-20-21-22-24-26-28-30-32-34-38-45(48)54-43(41-53-55(49,50)51)40-52-44(47)39-35-37-42(46)36-33-31-29-27-25-23-16-14-12-10-8-6-4-2/h23,25,29,31,33,36,42-43,46H,3-22,24,26-28,30,32,34-35,37-41H2,1-2H3,(H2,49,50,51)/b25-23+,31-29+,36-33+/t42?,43-/m1/s1. The lowest BCUT2D eigenvalue weighted by atomic mass is 10.0. The maximum Gasteiger partial charge on any atom is 0.469 e. The Kier molecular flexibility index (Phi) is 39.1. The summed E-state index contributed by atoms with van der Waals surface area (Å²) < 4.78 is 26.3. The molecule has 0 saturated carbocycles. The number of esters is 2. The van der Waals surface area contributed by atoms with Gasteiger partial charge in [0.25, 0.3) is 0 Å². The SMILES string of the molecule is CCCCCCCC/C=C/C/C=C/C=C/C(O)CCCC(=O)OC[C@H](COP(=O)(O)O)OC(=O)CCCCCCCCCCCCCCCCCCCCC. The molecule has 0 aliphatic rings. The number of rotatable bonds is 41. The summed E-state index contributed by atoms with van der Waals surface area (Å²) in [6.07, 6.45) is 44.7. The Morgan fingerprint density at radius 2 is 1.04 bits per heavy atom. The first-order valence-electron chi connectivity index (χ1n) is 22.4. The van der Waals surface area contributed by atoms with Crippen molar-refractivity contribution in [2.45, 2.75) is 225 Å². The average Bonchev–Trinajstić information content (AvgIpc) is 3.15. The van der Waals surface area contributed by atoms with Crippen molar-refractivity contribution in [1.82, 2.24) is 0 Å². The molecule has 0 aromatic rings. The molecule has 0 fully saturated rings. The van der Waals surface area contributed by atoms with E-state index in [1.165, 1.54) is 135 Å². The van der Waals surface area contributed by atoms with Crippen LogP contribution in [0.25, 0.3) is 0 Å². The number of aliphatic hydroxyl groups excluding tert-OH is 1. The number of allylic oxidation sites excluding steroid dienone is 5. The molecule has 0 aliphatic heterocycles. The lowest BCUT2D eigenvalue weighted by molar-refractivity contribution is -0.161. The van der Waals surface area contributed by atoms with Gasteiger partial charge >= 0.3 is 19.8 Å². The number of ether oxygens (including phenoxy) is 2. The molecule has 10 heteroatoms. The summed E-state index contributed by atoms with van der Waals surface area (Å²) in [5.41, 5.74) is 0. The van der Waals surface area contributed by atoms with Gasteiger partial charge in [-0.1, -0.05) is 198 Å². The zero-order valence-corrected chi connectivity index (χ0v) is 36.1.